The summed E-state index contributed by atoms with van der Waals surface area (Å²) in [7, 11) is -2.32. The Morgan fingerprint density at radius 3 is 2.33 bits per heavy atom. The number of rotatable bonds is 7. The van der Waals surface area contributed by atoms with E-state index in [2.05, 4.69) is 17.0 Å². The molecule has 0 unspecified atom stereocenters. The van der Waals surface area contributed by atoms with E-state index < -0.39 is 10.0 Å². The molecule has 0 N–H and O–H groups in total. The number of benzene rings is 2. The Bertz CT molecular complexity index is 971. The number of likely N-dealkylation sites (N-methyl/N-ethyl adjacent to an activating group) is 1. The van der Waals surface area contributed by atoms with E-state index in [0.717, 1.165) is 28.6 Å². The van der Waals surface area contributed by atoms with Crippen molar-refractivity contribution in [2.75, 3.05) is 51.3 Å². The van der Waals surface area contributed by atoms with E-state index in [-0.39, 0.29) is 17.3 Å². The molecule has 2 aromatic carbocycles. The Labute approximate surface area is 178 Å². The zero-order valence-electron chi connectivity index (χ0n) is 17.7. The van der Waals surface area contributed by atoms with Crippen LogP contribution in [0.25, 0.3) is 0 Å². The minimum Gasteiger partial charge on any atom is -0.494 e. The maximum Gasteiger partial charge on any atom is 0.243 e. The molecular formula is C22H29N3O4S. The van der Waals surface area contributed by atoms with Crippen molar-refractivity contribution in [3.8, 4) is 5.75 Å². The summed E-state index contributed by atoms with van der Waals surface area (Å²) in [6.07, 6.45) is 0. The third kappa shape index (κ3) is 4.94. The molecule has 2 aromatic rings. The summed E-state index contributed by atoms with van der Waals surface area (Å²) >= 11 is 0. The van der Waals surface area contributed by atoms with E-state index in [4.69, 9.17) is 4.74 Å². The maximum atomic E-state index is 12.9. The number of hydrogen-bond donors (Lipinski definition) is 0. The third-order valence-electron chi connectivity index (χ3n) is 5.27. The smallest absolute Gasteiger partial charge is 0.243 e. The van der Waals surface area contributed by atoms with Crippen LogP contribution in [-0.4, -0.2) is 69.9 Å². The fourth-order valence-corrected chi connectivity index (χ4v) is 4.71. The number of aryl methyl sites for hydroxylation is 1. The van der Waals surface area contributed by atoms with E-state index in [1.165, 1.54) is 13.1 Å². The van der Waals surface area contributed by atoms with E-state index in [9.17, 15) is 13.2 Å². The molecule has 162 valence electrons. The van der Waals surface area contributed by atoms with E-state index in [1.807, 2.05) is 25.1 Å². The summed E-state index contributed by atoms with van der Waals surface area (Å²) in [5.41, 5.74) is 1.88. The molecule has 0 spiro atoms. The number of anilines is 1. The first kappa shape index (κ1) is 22.1. The van der Waals surface area contributed by atoms with Gasteiger partial charge in [-0.25, -0.2) is 8.42 Å². The highest BCUT2D eigenvalue weighted by molar-refractivity contribution is 7.89. The number of amides is 1. The van der Waals surface area contributed by atoms with Crippen molar-refractivity contribution >= 4 is 21.6 Å². The van der Waals surface area contributed by atoms with E-state index in [0.29, 0.717) is 25.4 Å². The summed E-state index contributed by atoms with van der Waals surface area (Å²) in [5, 5.41) is 0. The van der Waals surface area contributed by atoms with Gasteiger partial charge in [0.15, 0.2) is 0 Å². The zero-order valence-corrected chi connectivity index (χ0v) is 18.6. The summed E-state index contributed by atoms with van der Waals surface area (Å²) in [6.45, 7) is 6.62. The van der Waals surface area contributed by atoms with Gasteiger partial charge in [-0.05, 0) is 49.7 Å². The normalized spacial score (nSPS) is 14.8. The SMILES string of the molecule is CCOc1ccc(S(=O)(=O)N(C)CC(=O)N2CCN(c3ccccc3)CC2)cc1C. The third-order valence-corrected chi connectivity index (χ3v) is 7.07. The molecule has 1 fully saturated rings. The van der Waals surface area contributed by atoms with Gasteiger partial charge in [-0.2, -0.15) is 4.31 Å². The van der Waals surface area contributed by atoms with Crippen LogP contribution < -0.4 is 9.64 Å². The van der Waals surface area contributed by atoms with Gasteiger partial charge in [0.05, 0.1) is 18.0 Å². The standard InChI is InChI=1S/C22H29N3O4S/c1-4-29-21-11-10-20(16-18(21)2)30(27,28)23(3)17-22(26)25-14-12-24(13-15-25)19-8-6-5-7-9-19/h5-11,16H,4,12-15,17H2,1-3H3. The molecule has 0 aliphatic carbocycles. The highest BCUT2D eigenvalue weighted by atomic mass is 32.2. The molecule has 1 saturated heterocycles. The first-order valence-corrected chi connectivity index (χ1v) is 11.5. The number of carbonyl (C=O) groups excluding carboxylic acids is 1. The van der Waals surface area contributed by atoms with E-state index in [1.54, 1.807) is 24.0 Å². The van der Waals surface area contributed by atoms with Crippen LogP contribution in [0.3, 0.4) is 0 Å². The van der Waals surface area contributed by atoms with Crippen molar-refractivity contribution in [3.05, 3.63) is 54.1 Å². The number of ether oxygens (including phenoxy) is 1. The molecule has 7 nitrogen and oxygen atoms in total. The minimum atomic E-state index is -3.76. The van der Waals surface area contributed by atoms with Gasteiger partial charge in [-0.1, -0.05) is 18.2 Å². The monoisotopic (exact) mass is 431 g/mol. The fourth-order valence-electron chi connectivity index (χ4n) is 3.51. The van der Waals surface area contributed by atoms with Crippen LogP contribution in [0.4, 0.5) is 5.69 Å². The molecule has 1 aliphatic rings. The molecule has 1 amide bonds. The molecule has 0 aromatic heterocycles. The molecular weight excluding hydrogens is 402 g/mol. The zero-order chi connectivity index (χ0) is 21.7. The first-order chi connectivity index (χ1) is 14.3. The predicted molar refractivity (Wildman–Crippen MR) is 117 cm³/mol. The van der Waals surface area contributed by atoms with Gasteiger partial charge in [0.25, 0.3) is 0 Å². The van der Waals surface area contributed by atoms with Crippen molar-refractivity contribution < 1.29 is 17.9 Å². The van der Waals surface area contributed by atoms with Crippen molar-refractivity contribution in [3.63, 3.8) is 0 Å². The first-order valence-electron chi connectivity index (χ1n) is 10.1. The lowest BCUT2D eigenvalue weighted by atomic mass is 10.2. The van der Waals surface area contributed by atoms with Gasteiger partial charge < -0.3 is 14.5 Å². The Morgan fingerprint density at radius 2 is 1.73 bits per heavy atom. The van der Waals surface area contributed by atoms with Crippen LogP contribution in [0.2, 0.25) is 0 Å². The lowest BCUT2D eigenvalue weighted by molar-refractivity contribution is -0.131. The van der Waals surface area contributed by atoms with Gasteiger partial charge in [0.2, 0.25) is 15.9 Å². The largest absolute Gasteiger partial charge is 0.494 e. The molecule has 0 saturated carbocycles. The fraction of sp³-hybridized carbons (Fsp3) is 0.409. The highest BCUT2D eigenvalue weighted by Crippen LogP contribution is 2.24. The molecule has 0 bridgehead atoms. The van der Waals surface area contributed by atoms with Crippen molar-refractivity contribution in [1.29, 1.82) is 0 Å². The molecule has 3 rings (SSSR count). The van der Waals surface area contributed by atoms with Gasteiger partial charge in [0, 0.05) is 38.9 Å². The second-order valence-corrected chi connectivity index (χ2v) is 9.37. The number of sulfonamides is 1. The summed E-state index contributed by atoms with van der Waals surface area (Å²) in [6, 6.07) is 14.8. The minimum absolute atomic E-state index is 0.160. The van der Waals surface area contributed by atoms with Crippen LogP contribution in [0.1, 0.15) is 12.5 Å². The van der Waals surface area contributed by atoms with Crippen LogP contribution in [0.15, 0.2) is 53.4 Å². The lowest BCUT2D eigenvalue weighted by Crippen LogP contribution is -2.51. The predicted octanol–water partition coefficient (Wildman–Crippen LogP) is 2.36. The number of carbonyl (C=O) groups is 1. The Morgan fingerprint density at radius 1 is 1.07 bits per heavy atom. The molecule has 8 heteroatoms. The number of piperazine rings is 1. The average molecular weight is 432 g/mol. The number of nitrogens with zero attached hydrogens (tertiary/aromatic N) is 3. The van der Waals surface area contributed by atoms with Crippen LogP contribution in [0.5, 0.6) is 5.75 Å². The van der Waals surface area contributed by atoms with Crippen LogP contribution in [-0.2, 0) is 14.8 Å². The summed E-state index contributed by atoms with van der Waals surface area (Å²) < 4.78 is 32.4. The van der Waals surface area contributed by atoms with Gasteiger partial charge in [-0.3, -0.25) is 4.79 Å². The molecule has 1 heterocycles. The van der Waals surface area contributed by atoms with Gasteiger partial charge in [0.1, 0.15) is 5.75 Å². The topological polar surface area (TPSA) is 70.2 Å². The maximum absolute atomic E-state index is 12.9. The van der Waals surface area contributed by atoms with Crippen LogP contribution >= 0.6 is 0 Å². The Kier molecular flexibility index (Phi) is 6.99. The average Bonchev–Trinajstić information content (AvgIpc) is 2.76. The highest BCUT2D eigenvalue weighted by Gasteiger charge is 2.27. The Hall–Kier alpha value is -2.58. The van der Waals surface area contributed by atoms with E-state index >= 15 is 0 Å². The lowest BCUT2D eigenvalue weighted by Gasteiger charge is -2.36. The quantitative estimate of drug-likeness (QED) is 0.673. The van der Waals surface area contributed by atoms with Crippen LogP contribution in [0, 0.1) is 6.92 Å². The Balaban J connectivity index is 1.60. The second kappa shape index (κ2) is 9.49. The summed E-state index contributed by atoms with van der Waals surface area (Å²) in [5.74, 6) is 0.475. The van der Waals surface area contributed by atoms with Crippen molar-refractivity contribution in [1.82, 2.24) is 9.21 Å². The molecule has 1 aliphatic heterocycles. The van der Waals surface area contributed by atoms with Gasteiger partial charge in [-0.15, -0.1) is 0 Å². The van der Waals surface area contributed by atoms with Crippen molar-refractivity contribution in [2.45, 2.75) is 18.7 Å². The number of hydrogen-bond acceptors (Lipinski definition) is 5. The number of para-hydroxylation sites is 1. The molecule has 0 atom stereocenters. The summed E-state index contributed by atoms with van der Waals surface area (Å²) in [4.78, 5) is 16.8. The van der Waals surface area contributed by atoms with Crippen molar-refractivity contribution in [2.24, 2.45) is 0 Å². The second-order valence-electron chi connectivity index (χ2n) is 7.32. The van der Waals surface area contributed by atoms with Gasteiger partial charge >= 0.3 is 0 Å². The molecule has 0 radical (unpaired) electrons. The molecule has 30 heavy (non-hydrogen) atoms.